The number of nitrogens with zero attached hydrogens (tertiary/aromatic N) is 1. The molecule has 1 aromatic rings. The third kappa shape index (κ3) is 5.40. The van der Waals surface area contributed by atoms with Gasteiger partial charge in [-0.05, 0) is 33.5 Å². The Kier molecular flexibility index (Phi) is 9.99. The van der Waals surface area contributed by atoms with Crippen molar-refractivity contribution >= 4 is 40.7 Å². The minimum atomic E-state index is 0. The van der Waals surface area contributed by atoms with Crippen molar-refractivity contribution in [2.45, 2.75) is 26.8 Å². The highest BCUT2D eigenvalue weighted by Gasteiger charge is 2.35. The Balaban J connectivity index is 0.00000264. The zero-order valence-electron chi connectivity index (χ0n) is 15.0. The molecular weight excluding hydrogens is 415 g/mol. The van der Waals surface area contributed by atoms with Crippen LogP contribution in [0, 0.1) is 5.41 Å². The first-order chi connectivity index (χ1) is 10.4. The standard InChI is InChI=1S/C17H27BrN2O2.2ClH/c1-17(2,3)16(20-8-6-19-7-9-20)12-10-15(22-5)13(18)11-14(12)21-4;;/h10-11,16,19H,6-9H2,1-5H3;2*1H/t16-;;/m1../s1. The average molecular weight is 444 g/mol. The van der Waals surface area contributed by atoms with E-state index < -0.39 is 0 Å². The molecule has 1 saturated heterocycles. The monoisotopic (exact) mass is 442 g/mol. The number of ether oxygens (including phenoxy) is 2. The minimum Gasteiger partial charge on any atom is -0.496 e. The fraction of sp³-hybridized carbons (Fsp3) is 0.647. The number of nitrogens with one attached hydrogen (secondary N) is 1. The Morgan fingerprint density at radius 3 is 2.04 bits per heavy atom. The summed E-state index contributed by atoms with van der Waals surface area (Å²) in [5.41, 5.74) is 1.29. The van der Waals surface area contributed by atoms with E-state index in [4.69, 9.17) is 9.47 Å². The van der Waals surface area contributed by atoms with E-state index in [1.165, 1.54) is 5.56 Å². The SMILES string of the molecule is COc1cc([C@@H](N2CCNCC2)C(C)(C)C)c(OC)cc1Br.Cl.Cl. The fourth-order valence-corrected chi connectivity index (χ4v) is 3.73. The van der Waals surface area contributed by atoms with Gasteiger partial charge in [-0.2, -0.15) is 0 Å². The molecule has 1 heterocycles. The van der Waals surface area contributed by atoms with E-state index in [0.29, 0.717) is 0 Å². The lowest BCUT2D eigenvalue weighted by Gasteiger charge is -2.43. The molecule has 0 aromatic heterocycles. The van der Waals surface area contributed by atoms with Crippen molar-refractivity contribution in [3.63, 3.8) is 0 Å². The predicted octanol–water partition coefficient (Wildman–Crippen LogP) is 4.30. The van der Waals surface area contributed by atoms with Crippen molar-refractivity contribution in [2.24, 2.45) is 5.41 Å². The molecule has 0 spiro atoms. The van der Waals surface area contributed by atoms with Crippen LogP contribution in [0.5, 0.6) is 11.5 Å². The number of hydrogen-bond acceptors (Lipinski definition) is 4. The maximum Gasteiger partial charge on any atom is 0.133 e. The van der Waals surface area contributed by atoms with Gasteiger partial charge in [-0.25, -0.2) is 0 Å². The summed E-state index contributed by atoms with van der Waals surface area (Å²) in [5.74, 6) is 1.76. The first-order valence-electron chi connectivity index (χ1n) is 7.74. The molecule has 24 heavy (non-hydrogen) atoms. The molecule has 0 bridgehead atoms. The summed E-state index contributed by atoms with van der Waals surface area (Å²) in [5, 5.41) is 3.43. The zero-order chi connectivity index (χ0) is 16.3. The summed E-state index contributed by atoms with van der Waals surface area (Å²) in [6.45, 7) is 11.0. The molecule has 140 valence electrons. The molecular formula is C17H29BrCl2N2O2. The summed E-state index contributed by atoms with van der Waals surface area (Å²) in [7, 11) is 3.43. The first-order valence-corrected chi connectivity index (χ1v) is 8.54. The second-order valence-corrected chi connectivity index (χ2v) is 7.64. The molecule has 7 heteroatoms. The van der Waals surface area contributed by atoms with Gasteiger partial charge >= 0.3 is 0 Å². The van der Waals surface area contributed by atoms with Crippen molar-refractivity contribution in [3.05, 3.63) is 22.2 Å². The summed E-state index contributed by atoms with van der Waals surface area (Å²) in [6.07, 6.45) is 0. The van der Waals surface area contributed by atoms with Crippen LogP contribution in [0.15, 0.2) is 16.6 Å². The van der Waals surface area contributed by atoms with Gasteiger partial charge in [0, 0.05) is 37.8 Å². The number of methoxy groups -OCH3 is 2. The Morgan fingerprint density at radius 2 is 1.58 bits per heavy atom. The summed E-state index contributed by atoms with van der Waals surface area (Å²) < 4.78 is 12.1. The molecule has 1 N–H and O–H groups in total. The molecule has 0 radical (unpaired) electrons. The van der Waals surface area contributed by atoms with Crippen LogP contribution in [0.2, 0.25) is 0 Å². The second-order valence-electron chi connectivity index (χ2n) is 6.78. The quantitative estimate of drug-likeness (QED) is 0.751. The lowest BCUT2D eigenvalue weighted by Crippen LogP contribution is -2.48. The highest BCUT2D eigenvalue weighted by Crippen LogP contribution is 2.45. The third-order valence-electron chi connectivity index (χ3n) is 4.14. The van der Waals surface area contributed by atoms with E-state index in [0.717, 1.165) is 42.2 Å². The normalized spacial score (nSPS) is 16.6. The van der Waals surface area contributed by atoms with Crippen molar-refractivity contribution < 1.29 is 9.47 Å². The van der Waals surface area contributed by atoms with Crippen molar-refractivity contribution in [2.75, 3.05) is 40.4 Å². The molecule has 4 nitrogen and oxygen atoms in total. The van der Waals surface area contributed by atoms with E-state index >= 15 is 0 Å². The molecule has 1 aromatic carbocycles. The van der Waals surface area contributed by atoms with Crippen LogP contribution in [-0.2, 0) is 0 Å². The first kappa shape index (κ1) is 23.8. The fourth-order valence-electron chi connectivity index (χ4n) is 3.25. The van der Waals surface area contributed by atoms with E-state index in [2.05, 4.69) is 53.0 Å². The Hall–Kier alpha value is -0.200. The number of hydrogen-bond donors (Lipinski definition) is 1. The number of rotatable bonds is 4. The molecule has 1 atom stereocenters. The van der Waals surface area contributed by atoms with E-state index in [1.807, 2.05) is 6.07 Å². The highest BCUT2D eigenvalue weighted by atomic mass is 79.9. The van der Waals surface area contributed by atoms with Crippen molar-refractivity contribution in [1.82, 2.24) is 10.2 Å². The maximum absolute atomic E-state index is 5.66. The van der Waals surface area contributed by atoms with Gasteiger partial charge in [-0.3, -0.25) is 4.90 Å². The Labute approximate surface area is 166 Å². The van der Waals surface area contributed by atoms with Gasteiger partial charge < -0.3 is 14.8 Å². The highest BCUT2D eigenvalue weighted by molar-refractivity contribution is 9.10. The summed E-state index contributed by atoms with van der Waals surface area (Å²) in [6, 6.07) is 4.40. The maximum atomic E-state index is 5.66. The number of piperazine rings is 1. The van der Waals surface area contributed by atoms with Crippen LogP contribution in [-0.4, -0.2) is 45.3 Å². The molecule has 2 rings (SSSR count). The van der Waals surface area contributed by atoms with E-state index in [-0.39, 0.29) is 36.3 Å². The largest absolute Gasteiger partial charge is 0.496 e. The lowest BCUT2D eigenvalue weighted by atomic mass is 9.80. The molecule has 0 aliphatic carbocycles. The van der Waals surface area contributed by atoms with E-state index in [9.17, 15) is 0 Å². The van der Waals surface area contributed by atoms with Crippen molar-refractivity contribution in [1.29, 1.82) is 0 Å². The molecule has 0 unspecified atom stereocenters. The second kappa shape index (κ2) is 10.1. The van der Waals surface area contributed by atoms with Gasteiger partial charge in [0.25, 0.3) is 0 Å². The van der Waals surface area contributed by atoms with Gasteiger partial charge in [0.2, 0.25) is 0 Å². The molecule has 1 fully saturated rings. The average Bonchev–Trinajstić information content (AvgIpc) is 2.48. The minimum absolute atomic E-state index is 0. The topological polar surface area (TPSA) is 33.7 Å². The van der Waals surface area contributed by atoms with Gasteiger partial charge in [0.05, 0.1) is 18.7 Å². The molecule has 0 saturated carbocycles. The molecule has 1 aliphatic heterocycles. The van der Waals surface area contributed by atoms with Crippen LogP contribution in [0.1, 0.15) is 32.4 Å². The van der Waals surface area contributed by atoms with E-state index in [1.54, 1.807) is 14.2 Å². The Morgan fingerprint density at radius 1 is 1.04 bits per heavy atom. The zero-order valence-corrected chi connectivity index (χ0v) is 18.2. The molecule has 1 aliphatic rings. The summed E-state index contributed by atoms with van der Waals surface area (Å²) >= 11 is 3.55. The van der Waals surface area contributed by atoms with Gasteiger partial charge in [-0.15, -0.1) is 24.8 Å². The number of benzene rings is 1. The van der Waals surface area contributed by atoms with Crippen LogP contribution in [0.4, 0.5) is 0 Å². The van der Waals surface area contributed by atoms with Crippen LogP contribution >= 0.6 is 40.7 Å². The van der Waals surface area contributed by atoms with Crippen LogP contribution < -0.4 is 14.8 Å². The van der Waals surface area contributed by atoms with Crippen LogP contribution in [0.3, 0.4) is 0 Å². The lowest BCUT2D eigenvalue weighted by molar-refractivity contribution is 0.0839. The van der Waals surface area contributed by atoms with Gasteiger partial charge in [-0.1, -0.05) is 20.8 Å². The van der Waals surface area contributed by atoms with Gasteiger partial charge in [0.1, 0.15) is 11.5 Å². The molecule has 0 amide bonds. The smallest absolute Gasteiger partial charge is 0.133 e. The predicted molar refractivity (Wildman–Crippen MR) is 108 cm³/mol. The Bertz CT molecular complexity index is 518. The van der Waals surface area contributed by atoms with Gasteiger partial charge in [0.15, 0.2) is 0 Å². The third-order valence-corrected chi connectivity index (χ3v) is 4.76. The number of halogens is 3. The van der Waals surface area contributed by atoms with Crippen LogP contribution in [0.25, 0.3) is 0 Å². The van der Waals surface area contributed by atoms with Crippen molar-refractivity contribution in [3.8, 4) is 11.5 Å². The summed E-state index contributed by atoms with van der Waals surface area (Å²) in [4.78, 5) is 2.54.